The minimum Gasteiger partial charge on any atom is -0.307 e. The number of aromatic nitrogens is 2. The van der Waals surface area contributed by atoms with Crippen LogP contribution in [0.3, 0.4) is 0 Å². The van der Waals surface area contributed by atoms with E-state index in [-0.39, 0.29) is 11.1 Å². The van der Waals surface area contributed by atoms with Crippen LogP contribution >= 0.6 is 0 Å². The molecule has 1 amide bonds. The van der Waals surface area contributed by atoms with E-state index in [0.717, 1.165) is 22.9 Å². The van der Waals surface area contributed by atoms with Crippen molar-refractivity contribution in [3.05, 3.63) is 94.7 Å². The predicted molar refractivity (Wildman–Crippen MR) is 105 cm³/mol. The number of allylic oxidation sites excluding steroid dienone is 1. The van der Waals surface area contributed by atoms with Crippen LogP contribution in [0.5, 0.6) is 0 Å². The Morgan fingerprint density at radius 2 is 1.82 bits per heavy atom. The van der Waals surface area contributed by atoms with Gasteiger partial charge < -0.3 is 5.32 Å². The molecule has 0 atom stereocenters. The number of halogens is 1. The summed E-state index contributed by atoms with van der Waals surface area (Å²) < 4.78 is 13.6. The number of hydrogen-bond acceptors (Lipinski definition) is 4. The van der Waals surface area contributed by atoms with Gasteiger partial charge in [0.15, 0.2) is 0 Å². The van der Waals surface area contributed by atoms with Gasteiger partial charge in [0.25, 0.3) is 5.91 Å². The zero-order valence-electron chi connectivity index (χ0n) is 15.4. The van der Waals surface area contributed by atoms with Crippen molar-refractivity contribution in [2.45, 2.75) is 13.8 Å². The van der Waals surface area contributed by atoms with E-state index in [1.807, 2.05) is 31.2 Å². The molecule has 0 radical (unpaired) electrons. The molecular weight excluding hydrogens is 355 g/mol. The summed E-state index contributed by atoms with van der Waals surface area (Å²) in [5.74, 6) is -0.646. The fraction of sp³-hybridized carbons (Fsp3) is 0.0909. The number of rotatable bonds is 4. The number of carbonyl (C=O) groups is 1. The van der Waals surface area contributed by atoms with Crippen molar-refractivity contribution in [1.82, 2.24) is 9.97 Å². The largest absolute Gasteiger partial charge is 0.307 e. The molecule has 2 aromatic heterocycles. The Hall–Kier alpha value is -3.85. The van der Waals surface area contributed by atoms with E-state index in [4.69, 9.17) is 5.26 Å². The fourth-order valence-corrected chi connectivity index (χ4v) is 2.76. The van der Waals surface area contributed by atoms with Gasteiger partial charge in [-0.15, -0.1) is 0 Å². The topological polar surface area (TPSA) is 78.7 Å². The van der Waals surface area contributed by atoms with Gasteiger partial charge in [0.05, 0.1) is 23.4 Å². The second-order valence-electron chi connectivity index (χ2n) is 6.07. The molecule has 138 valence electrons. The van der Waals surface area contributed by atoms with Crippen molar-refractivity contribution in [2.24, 2.45) is 0 Å². The van der Waals surface area contributed by atoms with Crippen molar-refractivity contribution in [1.29, 1.82) is 5.26 Å². The lowest BCUT2D eigenvalue weighted by Gasteiger charge is -2.10. The van der Waals surface area contributed by atoms with E-state index in [2.05, 4.69) is 21.4 Å². The fourth-order valence-electron chi connectivity index (χ4n) is 2.76. The van der Waals surface area contributed by atoms with Gasteiger partial charge in [0, 0.05) is 23.5 Å². The van der Waals surface area contributed by atoms with Gasteiger partial charge in [0.1, 0.15) is 11.6 Å². The number of anilines is 1. The molecule has 1 aromatic carbocycles. The number of amides is 1. The molecule has 5 nitrogen and oxygen atoms in total. The Labute approximate surface area is 162 Å². The van der Waals surface area contributed by atoms with Gasteiger partial charge in [-0.05, 0) is 49.2 Å². The average Bonchev–Trinajstić information content (AvgIpc) is 2.72. The first-order chi connectivity index (χ1) is 13.5. The molecule has 0 saturated carbocycles. The third kappa shape index (κ3) is 3.94. The van der Waals surface area contributed by atoms with Crippen LogP contribution in [0, 0.1) is 24.1 Å². The summed E-state index contributed by atoms with van der Waals surface area (Å²) in [6.45, 7) is 3.45. The van der Waals surface area contributed by atoms with Crippen LogP contribution in [0.1, 0.15) is 39.5 Å². The number of hydrogen-bond donors (Lipinski definition) is 1. The number of carbonyl (C=O) groups excluding carboxylic acids is 1. The second kappa shape index (κ2) is 8.23. The van der Waals surface area contributed by atoms with E-state index in [1.54, 1.807) is 24.4 Å². The number of nitriles is 1. The average molecular weight is 372 g/mol. The van der Waals surface area contributed by atoms with E-state index in [9.17, 15) is 9.18 Å². The molecule has 0 unspecified atom stereocenters. The van der Waals surface area contributed by atoms with E-state index in [0.29, 0.717) is 11.4 Å². The van der Waals surface area contributed by atoms with Crippen molar-refractivity contribution in [2.75, 3.05) is 5.32 Å². The molecule has 0 aliphatic carbocycles. The van der Waals surface area contributed by atoms with Gasteiger partial charge in [-0.2, -0.15) is 5.26 Å². The van der Waals surface area contributed by atoms with E-state index >= 15 is 0 Å². The maximum Gasteiger partial charge on any atom is 0.258 e. The molecule has 6 heteroatoms. The molecule has 0 saturated heterocycles. The maximum absolute atomic E-state index is 13.6. The Kier molecular flexibility index (Phi) is 5.56. The second-order valence-corrected chi connectivity index (χ2v) is 6.07. The number of benzene rings is 1. The Bertz CT molecular complexity index is 1080. The van der Waals surface area contributed by atoms with Gasteiger partial charge >= 0.3 is 0 Å². The number of pyridine rings is 2. The Morgan fingerprint density at radius 3 is 2.43 bits per heavy atom. The highest BCUT2D eigenvalue weighted by atomic mass is 19.1. The van der Waals surface area contributed by atoms with E-state index in [1.165, 1.54) is 13.1 Å². The highest BCUT2D eigenvalue weighted by Crippen LogP contribution is 2.24. The molecule has 28 heavy (non-hydrogen) atoms. The number of nitrogens with one attached hydrogen (secondary N) is 1. The summed E-state index contributed by atoms with van der Waals surface area (Å²) in [5, 5.41) is 11.6. The SMILES string of the molecule is CC=C(c1ccc(C#N)cc1)c1ccc(NC(=O)c2cncc(F)c2C)nc1. The summed E-state index contributed by atoms with van der Waals surface area (Å²) >= 11 is 0. The van der Waals surface area contributed by atoms with Crippen LogP contribution in [0.15, 0.2) is 61.1 Å². The Balaban J connectivity index is 1.79. The first-order valence-electron chi connectivity index (χ1n) is 8.58. The van der Waals surface area contributed by atoms with Gasteiger partial charge in [-0.3, -0.25) is 9.78 Å². The van der Waals surface area contributed by atoms with Crippen LogP contribution in [0.4, 0.5) is 10.2 Å². The predicted octanol–water partition coefficient (Wildman–Crippen LogP) is 4.50. The van der Waals surface area contributed by atoms with Crippen LogP contribution < -0.4 is 5.32 Å². The van der Waals surface area contributed by atoms with Crippen LogP contribution in [0.2, 0.25) is 0 Å². The first-order valence-corrected chi connectivity index (χ1v) is 8.58. The lowest BCUT2D eigenvalue weighted by atomic mass is 9.98. The minimum absolute atomic E-state index is 0.164. The van der Waals surface area contributed by atoms with Gasteiger partial charge in [-0.25, -0.2) is 9.37 Å². The van der Waals surface area contributed by atoms with Gasteiger partial charge in [0.2, 0.25) is 0 Å². The molecule has 3 rings (SSSR count). The Morgan fingerprint density at radius 1 is 1.11 bits per heavy atom. The summed E-state index contributed by atoms with van der Waals surface area (Å²) in [4.78, 5) is 20.4. The summed E-state index contributed by atoms with van der Waals surface area (Å²) in [6, 6.07) is 12.9. The molecule has 0 bridgehead atoms. The quantitative estimate of drug-likeness (QED) is 0.731. The van der Waals surface area contributed by atoms with Crippen molar-refractivity contribution in [3.63, 3.8) is 0 Å². The first kappa shape index (κ1) is 18.9. The highest BCUT2D eigenvalue weighted by molar-refractivity contribution is 6.04. The summed E-state index contributed by atoms with van der Waals surface area (Å²) in [6.07, 6.45) is 6.00. The van der Waals surface area contributed by atoms with Crippen molar-refractivity contribution in [3.8, 4) is 6.07 Å². The third-order valence-electron chi connectivity index (χ3n) is 4.33. The molecule has 0 fully saturated rings. The monoisotopic (exact) mass is 372 g/mol. The van der Waals surface area contributed by atoms with Crippen LogP contribution in [0.25, 0.3) is 5.57 Å². The number of nitrogens with zero attached hydrogens (tertiary/aromatic N) is 3. The third-order valence-corrected chi connectivity index (χ3v) is 4.33. The minimum atomic E-state index is -0.531. The molecule has 3 aromatic rings. The standard InChI is InChI=1S/C22H17FN4O/c1-3-18(16-6-4-15(10-24)5-7-16)17-8-9-21(26-11-17)27-22(28)19-12-25-13-20(23)14(19)2/h3-9,11-13H,1-2H3,(H,26,27,28). The van der Waals surface area contributed by atoms with Crippen molar-refractivity contribution < 1.29 is 9.18 Å². The highest BCUT2D eigenvalue weighted by Gasteiger charge is 2.13. The molecule has 0 aliphatic heterocycles. The molecule has 0 spiro atoms. The van der Waals surface area contributed by atoms with E-state index < -0.39 is 11.7 Å². The smallest absolute Gasteiger partial charge is 0.258 e. The lowest BCUT2D eigenvalue weighted by molar-refractivity contribution is 0.102. The molecule has 1 N–H and O–H groups in total. The molecular formula is C22H17FN4O. The zero-order valence-corrected chi connectivity index (χ0v) is 15.4. The summed E-state index contributed by atoms with van der Waals surface area (Å²) in [7, 11) is 0. The summed E-state index contributed by atoms with van der Waals surface area (Å²) in [5.41, 5.74) is 3.78. The molecule has 2 heterocycles. The van der Waals surface area contributed by atoms with Crippen LogP contribution in [-0.4, -0.2) is 15.9 Å². The van der Waals surface area contributed by atoms with Gasteiger partial charge in [-0.1, -0.05) is 18.2 Å². The maximum atomic E-state index is 13.6. The molecule has 0 aliphatic rings. The normalized spacial score (nSPS) is 11.0. The zero-order chi connectivity index (χ0) is 20.1. The van der Waals surface area contributed by atoms with Crippen LogP contribution in [-0.2, 0) is 0 Å². The lowest BCUT2D eigenvalue weighted by Crippen LogP contribution is -2.15. The van der Waals surface area contributed by atoms with Crippen molar-refractivity contribution >= 4 is 17.3 Å².